The Morgan fingerprint density at radius 3 is 3.08 bits per heavy atom. The molecule has 0 amide bonds. The van der Waals surface area contributed by atoms with Gasteiger partial charge >= 0.3 is 0 Å². The highest BCUT2D eigenvalue weighted by Crippen LogP contribution is 2.11. The largest absolute Gasteiger partial charge is 0.377 e. The monoisotopic (exact) mass is 173 g/mol. The minimum absolute atomic E-state index is 0.186. The Balaban J connectivity index is 1.94. The molecule has 2 atom stereocenters. The Kier molecular flexibility index (Phi) is 4.58. The molecule has 3 heteroatoms. The number of nitrogens with two attached hydrogens (primary N) is 1. The molecule has 1 aliphatic heterocycles. The average Bonchev–Trinajstić information content (AvgIpc) is 2.57. The minimum Gasteiger partial charge on any atom is -0.377 e. The summed E-state index contributed by atoms with van der Waals surface area (Å²) in [6.07, 6.45) is 3.62. The number of hydrogen-bond acceptors (Lipinski definition) is 3. The van der Waals surface area contributed by atoms with Crippen molar-refractivity contribution in [3.05, 3.63) is 0 Å². The second-order valence-corrected chi connectivity index (χ2v) is 3.34. The summed E-state index contributed by atoms with van der Waals surface area (Å²) >= 11 is 0. The molecule has 12 heavy (non-hydrogen) atoms. The molecule has 0 bridgehead atoms. The molecule has 72 valence electrons. The lowest BCUT2D eigenvalue weighted by Crippen LogP contribution is -2.27. The van der Waals surface area contributed by atoms with Crippen molar-refractivity contribution in [2.24, 2.45) is 5.73 Å². The third-order valence-corrected chi connectivity index (χ3v) is 2.18. The van der Waals surface area contributed by atoms with Crippen LogP contribution >= 0.6 is 0 Å². The van der Waals surface area contributed by atoms with Gasteiger partial charge in [-0.1, -0.05) is 6.92 Å². The van der Waals surface area contributed by atoms with E-state index >= 15 is 0 Å². The average molecular weight is 173 g/mol. The topological polar surface area (TPSA) is 44.5 Å². The third-order valence-electron chi connectivity index (χ3n) is 2.18. The summed E-state index contributed by atoms with van der Waals surface area (Å²) in [7, 11) is 0. The van der Waals surface area contributed by atoms with E-state index in [0.29, 0.717) is 19.3 Å². The van der Waals surface area contributed by atoms with Gasteiger partial charge in [-0.3, -0.25) is 0 Å². The maximum absolute atomic E-state index is 5.69. The summed E-state index contributed by atoms with van der Waals surface area (Å²) in [6.45, 7) is 4.35. The van der Waals surface area contributed by atoms with Crippen LogP contribution in [0.15, 0.2) is 0 Å². The van der Waals surface area contributed by atoms with Crippen LogP contribution in [0, 0.1) is 0 Å². The molecular weight excluding hydrogens is 154 g/mol. The van der Waals surface area contributed by atoms with E-state index in [1.54, 1.807) is 0 Å². The van der Waals surface area contributed by atoms with Gasteiger partial charge in [0.25, 0.3) is 0 Å². The second kappa shape index (κ2) is 5.51. The molecule has 1 fully saturated rings. The van der Waals surface area contributed by atoms with Gasteiger partial charge in [-0.15, -0.1) is 0 Å². The smallest absolute Gasteiger partial charge is 0.0809 e. The number of ether oxygens (including phenoxy) is 2. The maximum atomic E-state index is 5.69. The van der Waals surface area contributed by atoms with Crippen LogP contribution in [0.4, 0.5) is 0 Å². The standard InChI is InChI=1S/C9H19NO2/c1-2-8(10)6-11-7-9-4-3-5-12-9/h8-9H,2-7,10H2,1H3. The van der Waals surface area contributed by atoms with Gasteiger partial charge in [-0.2, -0.15) is 0 Å². The SMILES string of the molecule is CCC(N)COCC1CCCO1. The molecule has 2 N–H and O–H groups in total. The summed E-state index contributed by atoms with van der Waals surface area (Å²) in [5, 5.41) is 0. The van der Waals surface area contributed by atoms with Gasteiger partial charge in [0.2, 0.25) is 0 Å². The van der Waals surface area contributed by atoms with Crippen molar-refractivity contribution in [2.45, 2.75) is 38.3 Å². The fraction of sp³-hybridized carbons (Fsp3) is 1.00. The van der Waals surface area contributed by atoms with Gasteiger partial charge in [-0.25, -0.2) is 0 Å². The molecule has 1 rings (SSSR count). The second-order valence-electron chi connectivity index (χ2n) is 3.34. The van der Waals surface area contributed by atoms with Crippen LogP contribution in [0.5, 0.6) is 0 Å². The van der Waals surface area contributed by atoms with E-state index in [1.807, 2.05) is 0 Å². The van der Waals surface area contributed by atoms with Gasteiger partial charge in [-0.05, 0) is 19.3 Å². The van der Waals surface area contributed by atoms with Gasteiger partial charge in [0.05, 0.1) is 19.3 Å². The Morgan fingerprint density at radius 1 is 1.67 bits per heavy atom. The van der Waals surface area contributed by atoms with Crippen LogP contribution in [-0.2, 0) is 9.47 Å². The molecule has 1 aliphatic rings. The van der Waals surface area contributed by atoms with E-state index < -0.39 is 0 Å². The Labute approximate surface area is 74.2 Å². The predicted molar refractivity (Wildman–Crippen MR) is 48.1 cm³/mol. The zero-order valence-electron chi connectivity index (χ0n) is 7.79. The van der Waals surface area contributed by atoms with Crippen LogP contribution < -0.4 is 5.73 Å². The first kappa shape index (κ1) is 9.96. The van der Waals surface area contributed by atoms with E-state index in [2.05, 4.69) is 6.92 Å². The molecule has 0 aromatic carbocycles. The molecule has 1 heterocycles. The predicted octanol–water partition coefficient (Wildman–Crippen LogP) is 0.919. The first-order valence-corrected chi connectivity index (χ1v) is 4.78. The van der Waals surface area contributed by atoms with Crippen molar-refractivity contribution in [3.63, 3.8) is 0 Å². The van der Waals surface area contributed by atoms with Crippen molar-refractivity contribution < 1.29 is 9.47 Å². The lowest BCUT2D eigenvalue weighted by molar-refractivity contribution is 0.0128. The van der Waals surface area contributed by atoms with E-state index in [1.165, 1.54) is 6.42 Å². The van der Waals surface area contributed by atoms with Crippen molar-refractivity contribution >= 4 is 0 Å². The molecule has 1 saturated heterocycles. The summed E-state index contributed by atoms with van der Waals surface area (Å²) in [6, 6.07) is 0.186. The van der Waals surface area contributed by atoms with Gasteiger partial charge in [0.1, 0.15) is 0 Å². The molecule has 0 aromatic heterocycles. The summed E-state index contributed by atoms with van der Waals surface area (Å²) in [4.78, 5) is 0. The Morgan fingerprint density at radius 2 is 2.50 bits per heavy atom. The highest BCUT2D eigenvalue weighted by molar-refractivity contribution is 4.64. The maximum Gasteiger partial charge on any atom is 0.0809 e. The van der Waals surface area contributed by atoms with Crippen molar-refractivity contribution in [1.82, 2.24) is 0 Å². The lowest BCUT2D eigenvalue weighted by Gasteiger charge is -2.12. The molecule has 0 aliphatic carbocycles. The number of hydrogen-bond donors (Lipinski definition) is 1. The quantitative estimate of drug-likeness (QED) is 0.672. The molecule has 0 saturated carbocycles. The molecule has 0 aromatic rings. The molecule has 0 spiro atoms. The van der Waals surface area contributed by atoms with Crippen molar-refractivity contribution in [1.29, 1.82) is 0 Å². The molecule has 2 unspecified atom stereocenters. The third kappa shape index (κ3) is 3.52. The van der Waals surface area contributed by atoms with E-state index in [0.717, 1.165) is 19.4 Å². The van der Waals surface area contributed by atoms with Crippen LogP contribution in [-0.4, -0.2) is 32.0 Å². The first-order valence-electron chi connectivity index (χ1n) is 4.78. The zero-order chi connectivity index (χ0) is 8.81. The summed E-state index contributed by atoms with van der Waals surface area (Å²) in [5.74, 6) is 0. The summed E-state index contributed by atoms with van der Waals surface area (Å²) < 4.78 is 10.8. The Hall–Kier alpha value is -0.120. The molecular formula is C9H19NO2. The van der Waals surface area contributed by atoms with Crippen LogP contribution in [0.3, 0.4) is 0 Å². The fourth-order valence-corrected chi connectivity index (χ4v) is 1.24. The number of rotatable bonds is 5. The molecule has 0 radical (unpaired) electrons. The van der Waals surface area contributed by atoms with Crippen LogP contribution in [0.25, 0.3) is 0 Å². The lowest BCUT2D eigenvalue weighted by atomic mass is 10.2. The van der Waals surface area contributed by atoms with Gasteiger partial charge in [0.15, 0.2) is 0 Å². The van der Waals surface area contributed by atoms with Crippen molar-refractivity contribution in [3.8, 4) is 0 Å². The minimum atomic E-state index is 0.186. The fourth-order valence-electron chi connectivity index (χ4n) is 1.24. The van der Waals surface area contributed by atoms with Crippen molar-refractivity contribution in [2.75, 3.05) is 19.8 Å². The van der Waals surface area contributed by atoms with Gasteiger partial charge < -0.3 is 15.2 Å². The summed E-state index contributed by atoms with van der Waals surface area (Å²) in [5.41, 5.74) is 5.69. The van der Waals surface area contributed by atoms with E-state index in [-0.39, 0.29) is 6.04 Å². The van der Waals surface area contributed by atoms with E-state index in [4.69, 9.17) is 15.2 Å². The zero-order valence-corrected chi connectivity index (χ0v) is 7.79. The normalized spacial score (nSPS) is 26.0. The van der Waals surface area contributed by atoms with E-state index in [9.17, 15) is 0 Å². The highest BCUT2D eigenvalue weighted by atomic mass is 16.5. The van der Waals surface area contributed by atoms with Crippen LogP contribution in [0.2, 0.25) is 0 Å². The molecule has 3 nitrogen and oxygen atoms in total. The Bertz CT molecular complexity index is 113. The van der Waals surface area contributed by atoms with Gasteiger partial charge in [0, 0.05) is 12.6 Å². The first-order chi connectivity index (χ1) is 5.83. The highest BCUT2D eigenvalue weighted by Gasteiger charge is 2.15. The van der Waals surface area contributed by atoms with Crippen LogP contribution in [0.1, 0.15) is 26.2 Å².